The van der Waals surface area contributed by atoms with Gasteiger partial charge < -0.3 is 10.4 Å². The highest BCUT2D eigenvalue weighted by Gasteiger charge is 2.27. The molecule has 1 saturated carbocycles. The Morgan fingerprint density at radius 3 is 2.55 bits per heavy atom. The molecule has 2 rings (SSSR count). The monoisotopic (exact) mass is 283 g/mol. The Balaban J connectivity index is 1.76. The Hall–Kier alpha value is -1.14. The van der Waals surface area contributed by atoms with Gasteiger partial charge in [0.25, 0.3) is 0 Å². The SMILES string of the molecule is C[C@H](C(=O)NC(=O)NC1CCCC1)N1CCC[C@@H](O)C1. The number of nitrogens with one attached hydrogen (secondary N) is 2. The number of hydrogen-bond donors (Lipinski definition) is 3. The van der Waals surface area contributed by atoms with E-state index in [2.05, 4.69) is 10.6 Å². The number of aliphatic hydroxyl groups excluding tert-OH is 1. The van der Waals surface area contributed by atoms with Gasteiger partial charge in [0, 0.05) is 12.6 Å². The molecule has 6 nitrogen and oxygen atoms in total. The highest BCUT2D eigenvalue weighted by molar-refractivity contribution is 5.96. The minimum absolute atomic E-state index is 0.204. The van der Waals surface area contributed by atoms with Crippen LogP contribution in [-0.4, -0.2) is 53.2 Å². The van der Waals surface area contributed by atoms with Crippen LogP contribution in [0.4, 0.5) is 4.79 Å². The average Bonchev–Trinajstić information content (AvgIpc) is 2.90. The molecule has 0 radical (unpaired) electrons. The van der Waals surface area contributed by atoms with Crippen LogP contribution in [0.3, 0.4) is 0 Å². The number of imide groups is 1. The maximum atomic E-state index is 12.0. The van der Waals surface area contributed by atoms with Crippen molar-refractivity contribution in [3.05, 3.63) is 0 Å². The molecule has 6 heteroatoms. The highest BCUT2D eigenvalue weighted by Crippen LogP contribution is 2.17. The molecule has 2 fully saturated rings. The summed E-state index contributed by atoms with van der Waals surface area (Å²) in [6.07, 6.45) is 5.57. The number of likely N-dealkylation sites (tertiary alicyclic amines) is 1. The number of urea groups is 1. The summed E-state index contributed by atoms with van der Waals surface area (Å²) in [5, 5.41) is 14.9. The predicted molar refractivity (Wildman–Crippen MR) is 75.2 cm³/mol. The van der Waals surface area contributed by atoms with Crippen molar-refractivity contribution >= 4 is 11.9 Å². The third-order valence-corrected chi connectivity index (χ3v) is 4.28. The first-order valence-electron chi connectivity index (χ1n) is 7.59. The Labute approximate surface area is 119 Å². The molecular formula is C14H25N3O3. The highest BCUT2D eigenvalue weighted by atomic mass is 16.3. The van der Waals surface area contributed by atoms with Gasteiger partial charge in [0.1, 0.15) is 0 Å². The van der Waals surface area contributed by atoms with E-state index in [1.165, 1.54) is 0 Å². The van der Waals surface area contributed by atoms with Gasteiger partial charge in [-0.15, -0.1) is 0 Å². The van der Waals surface area contributed by atoms with Gasteiger partial charge in [-0.25, -0.2) is 4.79 Å². The molecular weight excluding hydrogens is 258 g/mol. The van der Waals surface area contributed by atoms with E-state index in [9.17, 15) is 14.7 Å². The third kappa shape index (κ3) is 4.18. The second-order valence-electron chi connectivity index (χ2n) is 5.91. The van der Waals surface area contributed by atoms with Crippen LogP contribution in [0, 0.1) is 0 Å². The van der Waals surface area contributed by atoms with Gasteiger partial charge in [-0.3, -0.25) is 15.0 Å². The van der Waals surface area contributed by atoms with Crippen LogP contribution in [0.25, 0.3) is 0 Å². The van der Waals surface area contributed by atoms with Crippen molar-refractivity contribution in [1.82, 2.24) is 15.5 Å². The molecule has 0 aromatic rings. The molecule has 114 valence electrons. The lowest BCUT2D eigenvalue weighted by Gasteiger charge is -2.33. The Morgan fingerprint density at radius 2 is 1.90 bits per heavy atom. The van der Waals surface area contributed by atoms with Crippen LogP contribution in [0.15, 0.2) is 0 Å². The normalized spacial score (nSPS) is 26.2. The van der Waals surface area contributed by atoms with Crippen LogP contribution in [0.5, 0.6) is 0 Å². The van der Waals surface area contributed by atoms with Crippen LogP contribution in [0.1, 0.15) is 45.4 Å². The predicted octanol–water partition coefficient (Wildman–Crippen LogP) is 0.600. The van der Waals surface area contributed by atoms with E-state index in [1.54, 1.807) is 6.92 Å². The molecule has 3 N–H and O–H groups in total. The van der Waals surface area contributed by atoms with Crippen molar-refractivity contribution in [1.29, 1.82) is 0 Å². The smallest absolute Gasteiger partial charge is 0.321 e. The summed E-state index contributed by atoms with van der Waals surface area (Å²) in [5.41, 5.74) is 0. The van der Waals surface area contributed by atoms with Crippen molar-refractivity contribution in [2.75, 3.05) is 13.1 Å². The van der Waals surface area contributed by atoms with Crippen molar-refractivity contribution in [3.8, 4) is 0 Å². The Bertz CT molecular complexity index is 356. The lowest BCUT2D eigenvalue weighted by atomic mass is 10.1. The number of nitrogens with zero attached hydrogens (tertiary/aromatic N) is 1. The zero-order chi connectivity index (χ0) is 14.5. The van der Waals surface area contributed by atoms with Crippen molar-refractivity contribution in [2.24, 2.45) is 0 Å². The second-order valence-corrected chi connectivity index (χ2v) is 5.91. The maximum absolute atomic E-state index is 12.0. The Morgan fingerprint density at radius 1 is 1.20 bits per heavy atom. The molecule has 1 heterocycles. The van der Waals surface area contributed by atoms with Crippen LogP contribution in [-0.2, 0) is 4.79 Å². The summed E-state index contributed by atoms with van der Waals surface area (Å²) >= 11 is 0. The minimum atomic E-state index is -0.397. The third-order valence-electron chi connectivity index (χ3n) is 4.28. The summed E-state index contributed by atoms with van der Waals surface area (Å²) in [6.45, 7) is 3.06. The van der Waals surface area contributed by atoms with Gasteiger partial charge >= 0.3 is 6.03 Å². The maximum Gasteiger partial charge on any atom is 0.321 e. The zero-order valence-corrected chi connectivity index (χ0v) is 12.1. The molecule has 0 spiro atoms. The summed E-state index contributed by atoms with van der Waals surface area (Å²) in [6, 6.07) is -0.583. The van der Waals surface area contributed by atoms with Gasteiger partial charge in [-0.1, -0.05) is 12.8 Å². The fourth-order valence-corrected chi connectivity index (χ4v) is 3.01. The van der Waals surface area contributed by atoms with Gasteiger partial charge in [0.15, 0.2) is 0 Å². The fourth-order valence-electron chi connectivity index (χ4n) is 3.01. The molecule has 3 amide bonds. The molecule has 1 saturated heterocycles. The average molecular weight is 283 g/mol. The number of amides is 3. The van der Waals surface area contributed by atoms with E-state index in [0.29, 0.717) is 6.54 Å². The molecule has 2 aliphatic rings. The summed E-state index contributed by atoms with van der Waals surface area (Å²) in [5.74, 6) is -0.297. The van der Waals surface area contributed by atoms with E-state index in [-0.39, 0.29) is 24.1 Å². The number of hydrogen-bond acceptors (Lipinski definition) is 4. The molecule has 1 aliphatic carbocycles. The van der Waals surface area contributed by atoms with Gasteiger partial charge in [0.05, 0.1) is 12.1 Å². The quantitative estimate of drug-likeness (QED) is 0.708. The topological polar surface area (TPSA) is 81.7 Å². The van der Waals surface area contributed by atoms with Gasteiger partial charge in [0.2, 0.25) is 5.91 Å². The number of β-amino-alcohol motifs (C(OH)–C–C–N with tert-alkyl or cyclic N) is 1. The number of carbonyl (C=O) groups excluding carboxylic acids is 2. The largest absolute Gasteiger partial charge is 0.392 e. The van der Waals surface area contributed by atoms with Gasteiger partial charge in [-0.05, 0) is 39.2 Å². The van der Waals surface area contributed by atoms with E-state index in [1.807, 2.05) is 4.90 Å². The zero-order valence-electron chi connectivity index (χ0n) is 12.1. The molecule has 0 bridgehead atoms. The minimum Gasteiger partial charge on any atom is -0.392 e. The molecule has 0 aromatic carbocycles. The van der Waals surface area contributed by atoms with Crippen LogP contribution < -0.4 is 10.6 Å². The molecule has 1 aliphatic heterocycles. The van der Waals surface area contributed by atoms with E-state index < -0.39 is 6.03 Å². The molecule has 0 aromatic heterocycles. The Kier molecular flexibility index (Phi) is 5.37. The second kappa shape index (κ2) is 7.04. The molecule has 20 heavy (non-hydrogen) atoms. The number of aliphatic hydroxyl groups is 1. The van der Waals surface area contributed by atoms with E-state index >= 15 is 0 Å². The molecule has 2 atom stereocenters. The van der Waals surface area contributed by atoms with Crippen molar-refractivity contribution in [2.45, 2.75) is 63.6 Å². The van der Waals surface area contributed by atoms with Crippen LogP contribution >= 0.6 is 0 Å². The lowest BCUT2D eigenvalue weighted by molar-refractivity contribution is -0.125. The first-order chi connectivity index (χ1) is 9.56. The summed E-state index contributed by atoms with van der Waals surface area (Å²) in [4.78, 5) is 25.7. The summed E-state index contributed by atoms with van der Waals surface area (Å²) in [7, 11) is 0. The van der Waals surface area contributed by atoms with Crippen LogP contribution in [0.2, 0.25) is 0 Å². The van der Waals surface area contributed by atoms with E-state index in [4.69, 9.17) is 0 Å². The first kappa shape index (κ1) is 15.3. The van der Waals surface area contributed by atoms with Crippen molar-refractivity contribution in [3.63, 3.8) is 0 Å². The van der Waals surface area contributed by atoms with Gasteiger partial charge in [-0.2, -0.15) is 0 Å². The number of rotatable bonds is 3. The molecule has 0 unspecified atom stereocenters. The standard InChI is InChI=1S/C14H25N3O3/c1-10(17-8-4-7-12(18)9-17)13(19)16-14(20)15-11-5-2-3-6-11/h10-12,18H,2-9H2,1H3,(H2,15,16,19,20)/t10-,12-/m1/s1. The lowest BCUT2D eigenvalue weighted by Crippen LogP contribution is -2.53. The van der Waals surface area contributed by atoms with Crippen molar-refractivity contribution < 1.29 is 14.7 Å². The number of piperidine rings is 1. The van der Waals surface area contributed by atoms with E-state index in [0.717, 1.165) is 45.1 Å². The summed E-state index contributed by atoms with van der Waals surface area (Å²) < 4.78 is 0. The fraction of sp³-hybridized carbons (Fsp3) is 0.857. The number of carbonyl (C=O) groups is 2. The first-order valence-corrected chi connectivity index (χ1v) is 7.59.